The van der Waals surface area contributed by atoms with Gasteiger partial charge < -0.3 is 10.2 Å². The number of hydrogen-bond donors (Lipinski definition) is 2. The minimum absolute atomic E-state index is 0.778. The molecule has 0 heterocycles. The molecule has 60 valence electrons. The predicted octanol–water partition coefficient (Wildman–Crippen LogP) is 1.04. The van der Waals surface area contributed by atoms with Crippen LogP contribution in [0.15, 0.2) is 12.2 Å². The van der Waals surface area contributed by atoms with Gasteiger partial charge >= 0.3 is 5.97 Å². The lowest BCUT2D eigenvalue weighted by atomic mass is 10.4. The van der Waals surface area contributed by atoms with Crippen LogP contribution in [0.2, 0.25) is 0 Å². The Hall–Kier alpha value is -0.830. The van der Waals surface area contributed by atoms with Gasteiger partial charge in [-0.15, -0.1) is 0 Å². The van der Waals surface area contributed by atoms with Crippen molar-refractivity contribution in [2.45, 2.75) is 20.3 Å². The third-order valence-electron chi connectivity index (χ3n) is 0.607. The molecule has 10 heavy (non-hydrogen) atoms. The van der Waals surface area contributed by atoms with Crippen LogP contribution in [0.1, 0.15) is 20.3 Å². The highest BCUT2D eigenvalue weighted by Crippen LogP contribution is 1.73. The highest BCUT2D eigenvalue weighted by Gasteiger charge is 1.82. The van der Waals surface area contributed by atoms with Crippen LogP contribution in [-0.4, -0.2) is 22.8 Å². The molecular formula is C7H14O3. The molecule has 0 rings (SSSR count). The zero-order valence-electron chi connectivity index (χ0n) is 6.37. The van der Waals surface area contributed by atoms with Crippen molar-refractivity contribution in [1.82, 2.24) is 0 Å². The smallest absolute Gasteiger partial charge is 0.329 e. The molecular weight excluding hydrogens is 132 g/mol. The summed E-state index contributed by atoms with van der Waals surface area (Å²) in [7, 11) is 0. The van der Waals surface area contributed by atoms with Crippen molar-refractivity contribution < 1.29 is 15.0 Å². The van der Waals surface area contributed by atoms with Gasteiger partial charge in [0.2, 0.25) is 0 Å². The second-order valence-corrected chi connectivity index (χ2v) is 1.53. The van der Waals surface area contributed by atoms with Gasteiger partial charge in [-0.05, 0) is 13.3 Å². The summed E-state index contributed by atoms with van der Waals surface area (Å²) in [5.74, 6) is -1.19. The van der Waals surface area contributed by atoms with Crippen molar-refractivity contribution in [3.63, 3.8) is 0 Å². The molecule has 0 aromatic rings. The van der Waals surface area contributed by atoms with E-state index in [1.807, 2.05) is 6.92 Å². The topological polar surface area (TPSA) is 57.5 Å². The molecule has 0 saturated carbocycles. The van der Waals surface area contributed by atoms with E-state index >= 15 is 0 Å². The third kappa shape index (κ3) is 27.2. The fraction of sp³-hybridized carbons (Fsp3) is 0.571. The van der Waals surface area contributed by atoms with Crippen molar-refractivity contribution in [1.29, 1.82) is 0 Å². The number of carboxylic acid groups (broad SMARTS) is 1. The molecule has 0 atom stereocenters. The fourth-order valence-electron chi connectivity index (χ4n) is 0.236. The van der Waals surface area contributed by atoms with E-state index < -0.39 is 12.6 Å². The minimum atomic E-state index is -1.19. The molecule has 2 N–H and O–H groups in total. The van der Waals surface area contributed by atoms with Crippen LogP contribution in [0.3, 0.4) is 0 Å². The van der Waals surface area contributed by atoms with Crippen LogP contribution >= 0.6 is 0 Å². The van der Waals surface area contributed by atoms with E-state index in [4.69, 9.17) is 15.0 Å². The van der Waals surface area contributed by atoms with Gasteiger partial charge in [0.15, 0.2) is 0 Å². The second-order valence-electron chi connectivity index (χ2n) is 1.53. The molecule has 0 aliphatic rings. The molecule has 0 radical (unpaired) electrons. The van der Waals surface area contributed by atoms with Crippen molar-refractivity contribution >= 4 is 5.97 Å². The summed E-state index contributed by atoms with van der Waals surface area (Å²) in [5, 5.41) is 15.0. The van der Waals surface area contributed by atoms with Crippen molar-refractivity contribution in [2.24, 2.45) is 0 Å². The quantitative estimate of drug-likeness (QED) is 0.572. The molecule has 3 heteroatoms. The van der Waals surface area contributed by atoms with Crippen LogP contribution in [0.5, 0.6) is 0 Å². The largest absolute Gasteiger partial charge is 0.480 e. The minimum Gasteiger partial charge on any atom is -0.480 e. The number of allylic oxidation sites excluding steroid dienone is 2. The van der Waals surface area contributed by atoms with Gasteiger partial charge in [-0.3, -0.25) is 0 Å². The van der Waals surface area contributed by atoms with E-state index in [2.05, 4.69) is 19.1 Å². The highest BCUT2D eigenvalue weighted by molar-refractivity contribution is 5.67. The first-order chi connectivity index (χ1) is 4.68. The van der Waals surface area contributed by atoms with Gasteiger partial charge in [0.1, 0.15) is 6.61 Å². The molecule has 3 nitrogen and oxygen atoms in total. The number of aliphatic carboxylic acids is 1. The van der Waals surface area contributed by atoms with Crippen molar-refractivity contribution in [2.75, 3.05) is 6.61 Å². The van der Waals surface area contributed by atoms with E-state index in [1.54, 1.807) is 0 Å². The molecule has 0 fully saturated rings. The lowest BCUT2D eigenvalue weighted by Gasteiger charge is -1.72. The Balaban J connectivity index is 0. The summed E-state index contributed by atoms with van der Waals surface area (Å²) < 4.78 is 0. The third-order valence-corrected chi connectivity index (χ3v) is 0.607. The summed E-state index contributed by atoms with van der Waals surface area (Å²) >= 11 is 0. The normalized spacial score (nSPS) is 8.70. The highest BCUT2D eigenvalue weighted by atomic mass is 16.4. The average Bonchev–Trinajstić information content (AvgIpc) is 1.91. The van der Waals surface area contributed by atoms with Crippen LogP contribution < -0.4 is 0 Å². The van der Waals surface area contributed by atoms with Gasteiger partial charge in [0.25, 0.3) is 0 Å². The fourth-order valence-corrected chi connectivity index (χ4v) is 0.236. The maximum absolute atomic E-state index is 9.12. The Morgan fingerprint density at radius 1 is 1.60 bits per heavy atom. The molecule has 0 aromatic heterocycles. The Kier molecular flexibility index (Phi) is 13.1. The zero-order valence-corrected chi connectivity index (χ0v) is 6.37. The van der Waals surface area contributed by atoms with Gasteiger partial charge in [-0.1, -0.05) is 19.1 Å². The van der Waals surface area contributed by atoms with Crippen molar-refractivity contribution in [3.8, 4) is 0 Å². The van der Waals surface area contributed by atoms with Gasteiger partial charge in [-0.2, -0.15) is 0 Å². The van der Waals surface area contributed by atoms with Gasteiger partial charge in [0.05, 0.1) is 0 Å². The van der Waals surface area contributed by atoms with E-state index in [9.17, 15) is 0 Å². The summed E-state index contributed by atoms with van der Waals surface area (Å²) in [6.45, 7) is 3.38. The number of carbonyl (C=O) groups is 1. The van der Waals surface area contributed by atoms with E-state index in [0.717, 1.165) is 6.42 Å². The van der Waals surface area contributed by atoms with Crippen molar-refractivity contribution in [3.05, 3.63) is 12.2 Å². The Bertz CT molecular complexity index is 97.0. The molecule has 0 saturated heterocycles. The zero-order chi connectivity index (χ0) is 8.41. The van der Waals surface area contributed by atoms with Crippen LogP contribution in [-0.2, 0) is 4.79 Å². The number of aliphatic hydroxyl groups is 1. The summed E-state index contributed by atoms with van der Waals surface area (Å²) in [6, 6.07) is 0. The maximum atomic E-state index is 9.12. The molecule has 0 unspecified atom stereocenters. The number of rotatable bonds is 2. The lowest BCUT2D eigenvalue weighted by molar-refractivity contribution is -0.140. The first-order valence-electron chi connectivity index (χ1n) is 3.12. The van der Waals surface area contributed by atoms with Crippen LogP contribution in [0.25, 0.3) is 0 Å². The van der Waals surface area contributed by atoms with Crippen LogP contribution in [0, 0.1) is 0 Å². The molecule has 0 bridgehead atoms. The van der Waals surface area contributed by atoms with Gasteiger partial charge in [-0.25, -0.2) is 4.79 Å². The standard InChI is InChI=1S/C5H10.C2H4O3/c1-3-5-4-2;3-1-2(4)5/h3,5H,4H2,1-2H3;3H,1H2,(H,4,5). The first kappa shape index (κ1) is 11.9. The monoisotopic (exact) mass is 146 g/mol. The molecule has 0 aliphatic carbocycles. The van der Waals surface area contributed by atoms with Crippen LogP contribution in [0.4, 0.5) is 0 Å². The SMILES string of the molecule is CC=CCC.O=C(O)CO. The number of carboxylic acids is 1. The Morgan fingerprint density at radius 3 is 2.00 bits per heavy atom. The Morgan fingerprint density at radius 2 is 2.00 bits per heavy atom. The van der Waals surface area contributed by atoms with E-state index in [1.165, 1.54) is 0 Å². The molecule has 0 spiro atoms. The Labute approximate surface area is 61.0 Å². The molecule has 0 aromatic carbocycles. The summed E-state index contributed by atoms with van der Waals surface area (Å²) in [6.07, 6.45) is 5.34. The number of hydrogen-bond acceptors (Lipinski definition) is 2. The molecule has 0 aliphatic heterocycles. The number of aliphatic hydroxyl groups excluding tert-OH is 1. The first-order valence-corrected chi connectivity index (χ1v) is 3.12. The summed E-state index contributed by atoms with van der Waals surface area (Å²) in [5.41, 5.74) is 0. The lowest BCUT2D eigenvalue weighted by Crippen LogP contribution is -1.98. The van der Waals surface area contributed by atoms with E-state index in [-0.39, 0.29) is 0 Å². The average molecular weight is 146 g/mol. The predicted molar refractivity (Wildman–Crippen MR) is 39.8 cm³/mol. The molecule has 0 amide bonds. The second kappa shape index (κ2) is 11.0. The van der Waals surface area contributed by atoms with Gasteiger partial charge in [0, 0.05) is 0 Å². The van der Waals surface area contributed by atoms with E-state index in [0.29, 0.717) is 0 Å². The summed E-state index contributed by atoms with van der Waals surface area (Å²) in [4.78, 5) is 9.12. The maximum Gasteiger partial charge on any atom is 0.329 e.